The predicted octanol–water partition coefficient (Wildman–Crippen LogP) is 1.76. The summed E-state index contributed by atoms with van der Waals surface area (Å²) in [6, 6.07) is 0. The van der Waals surface area contributed by atoms with Crippen LogP contribution in [0.15, 0.2) is 36.5 Å². The molecule has 0 saturated carbocycles. The van der Waals surface area contributed by atoms with Crippen molar-refractivity contribution in [3.63, 3.8) is 0 Å². The van der Waals surface area contributed by atoms with E-state index in [1.165, 1.54) is 11.1 Å². The van der Waals surface area contributed by atoms with Gasteiger partial charge in [-0.15, -0.1) is 0 Å². The lowest BCUT2D eigenvalue weighted by atomic mass is 10.00. The van der Waals surface area contributed by atoms with Crippen LogP contribution in [0, 0.1) is 0 Å². The van der Waals surface area contributed by atoms with Crippen molar-refractivity contribution >= 4 is 0 Å². The lowest BCUT2D eigenvalue weighted by Gasteiger charge is -2.28. The van der Waals surface area contributed by atoms with Gasteiger partial charge in [-0.1, -0.05) is 25.3 Å². The van der Waals surface area contributed by atoms with E-state index in [9.17, 15) is 0 Å². The quantitative estimate of drug-likeness (QED) is 0.629. The molecule has 1 unspecified atom stereocenters. The molecule has 0 aromatic carbocycles. The highest BCUT2D eigenvalue weighted by Gasteiger charge is 2.27. The molecule has 2 heteroatoms. The highest BCUT2D eigenvalue weighted by atomic mass is 16.6. The molecule has 0 aromatic rings. The summed E-state index contributed by atoms with van der Waals surface area (Å²) in [5, 5.41) is 0. The van der Waals surface area contributed by atoms with Crippen molar-refractivity contribution < 1.29 is 4.74 Å². The van der Waals surface area contributed by atoms with E-state index in [4.69, 9.17) is 4.74 Å². The molecule has 0 aromatic heterocycles. The van der Waals surface area contributed by atoms with E-state index in [1.54, 1.807) is 0 Å². The molecule has 0 bridgehead atoms. The summed E-state index contributed by atoms with van der Waals surface area (Å²) >= 11 is 0. The van der Waals surface area contributed by atoms with Gasteiger partial charge in [-0.25, -0.2) is 0 Å². The minimum atomic E-state index is 0.492. The van der Waals surface area contributed by atoms with E-state index in [0.717, 1.165) is 32.7 Å². The van der Waals surface area contributed by atoms with Crippen LogP contribution < -0.4 is 0 Å². The molecule has 2 nitrogen and oxygen atoms in total. The smallest absolute Gasteiger partial charge is 0.0936 e. The average molecular weight is 191 g/mol. The Morgan fingerprint density at radius 3 is 2.64 bits per heavy atom. The van der Waals surface area contributed by atoms with Crippen LogP contribution in [0.5, 0.6) is 0 Å². The van der Waals surface area contributed by atoms with Crippen molar-refractivity contribution in [1.82, 2.24) is 4.90 Å². The van der Waals surface area contributed by atoms with Gasteiger partial charge in [0.15, 0.2) is 0 Å². The summed E-state index contributed by atoms with van der Waals surface area (Å²) in [5.74, 6) is 0. The van der Waals surface area contributed by atoms with Crippen LogP contribution in [0.4, 0.5) is 0 Å². The number of epoxide rings is 1. The molecule has 2 aliphatic rings. The van der Waals surface area contributed by atoms with E-state index in [2.05, 4.69) is 18.1 Å². The average Bonchev–Trinajstić information content (AvgIpc) is 3.01. The molecule has 1 fully saturated rings. The monoisotopic (exact) mass is 191 g/mol. The second-order valence-electron chi connectivity index (χ2n) is 3.90. The Kier molecular flexibility index (Phi) is 2.85. The lowest BCUT2D eigenvalue weighted by molar-refractivity contribution is 0.253. The van der Waals surface area contributed by atoms with Crippen molar-refractivity contribution in [3.05, 3.63) is 36.5 Å². The van der Waals surface area contributed by atoms with Crippen molar-refractivity contribution in [2.75, 3.05) is 26.2 Å². The molecular formula is C12H17NO. The maximum atomic E-state index is 5.23. The third-order valence-corrected chi connectivity index (χ3v) is 2.86. The van der Waals surface area contributed by atoms with Gasteiger partial charge in [0.1, 0.15) is 0 Å². The Hall–Kier alpha value is -0.860. The maximum Gasteiger partial charge on any atom is 0.0936 e. The zero-order valence-electron chi connectivity index (χ0n) is 8.54. The third-order valence-electron chi connectivity index (χ3n) is 2.86. The van der Waals surface area contributed by atoms with Gasteiger partial charge in [0, 0.05) is 19.6 Å². The van der Waals surface area contributed by atoms with E-state index in [0.29, 0.717) is 6.10 Å². The summed E-state index contributed by atoms with van der Waals surface area (Å²) in [6.45, 7) is 11.8. The van der Waals surface area contributed by atoms with E-state index in [1.807, 2.05) is 12.2 Å². The maximum absolute atomic E-state index is 5.23. The normalized spacial score (nSPS) is 27.6. The van der Waals surface area contributed by atoms with Gasteiger partial charge in [0.05, 0.1) is 12.7 Å². The van der Waals surface area contributed by atoms with Gasteiger partial charge in [-0.2, -0.15) is 0 Å². The summed E-state index contributed by atoms with van der Waals surface area (Å²) in [5.41, 5.74) is 2.68. The fourth-order valence-electron chi connectivity index (χ4n) is 1.91. The molecule has 2 heterocycles. The van der Waals surface area contributed by atoms with Crippen LogP contribution in [-0.2, 0) is 4.74 Å². The minimum absolute atomic E-state index is 0.492. The number of hydrogen-bond donors (Lipinski definition) is 0. The summed E-state index contributed by atoms with van der Waals surface area (Å²) in [6.07, 6.45) is 5.50. The van der Waals surface area contributed by atoms with Gasteiger partial charge in [-0.05, 0) is 17.6 Å². The first-order valence-corrected chi connectivity index (χ1v) is 5.14. The first kappa shape index (κ1) is 9.69. The number of ether oxygens (including phenoxy) is 1. The lowest BCUT2D eigenvalue weighted by Crippen LogP contribution is -2.34. The Balaban J connectivity index is 1.98. The number of rotatable bonds is 4. The van der Waals surface area contributed by atoms with Crippen LogP contribution in [0.2, 0.25) is 0 Å². The topological polar surface area (TPSA) is 15.8 Å². The molecule has 14 heavy (non-hydrogen) atoms. The standard InChI is InChI=1S/C12H17NO/c1-3-10-5-6-13(7-11(10)4-2)8-12-9-14-12/h3-4,12H,1-2,5-9H2. The molecule has 1 atom stereocenters. The first-order chi connectivity index (χ1) is 6.83. The molecule has 2 rings (SSSR count). The Bertz CT molecular complexity index is 276. The molecule has 76 valence electrons. The first-order valence-electron chi connectivity index (χ1n) is 5.14. The van der Waals surface area contributed by atoms with Crippen LogP contribution in [0.3, 0.4) is 0 Å². The van der Waals surface area contributed by atoms with Crippen LogP contribution in [0.25, 0.3) is 0 Å². The Labute approximate surface area is 85.5 Å². The van der Waals surface area contributed by atoms with Gasteiger partial charge in [0.2, 0.25) is 0 Å². The fourth-order valence-corrected chi connectivity index (χ4v) is 1.91. The summed E-state index contributed by atoms with van der Waals surface area (Å²) in [4.78, 5) is 2.43. The molecule has 2 aliphatic heterocycles. The summed E-state index contributed by atoms with van der Waals surface area (Å²) in [7, 11) is 0. The number of allylic oxidation sites excluding steroid dienone is 1. The van der Waals surface area contributed by atoms with Crippen LogP contribution >= 0.6 is 0 Å². The van der Waals surface area contributed by atoms with Crippen LogP contribution in [-0.4, -0.2) is 37.2 Å². The largest absolute Gasteiger partial charge is 0.372 e. The second-order valence-corrected chi connectivity index (χ2v) is 3.90. The van der Waals surface area contributed by atoms with Crippen LogP contribution in [0.1, 0.15) is 6.42 Å². The van der Waals surface area contributed by atoms with Gasteiger partial charge in [0.25, 0.3) is 0 Å². The molecule has 0 amide bonds. The minimum Gasteiger partial charge on any atom is -0.372 e. The van der Waals surface area contributed by atoms with Crippen molar-refractivity contribution in [2.45, 2.75) is 12.5 Å². The summed E-state index contributed by atoms with van der Waals surface area (Å²) < 4.78 is 5.23. The molecular weight excluding hydrogens is 174 g/mol. The third kappa shape index (κ3) is 2.14. The molecule has 0 radical (unpaired) electrons. The predicted molar refractivity (Wildman–Crippen MR) is 58.2 cm³/mol. The molecule has 0 spiro atoms. The van der Waals surface area contributed by atoms with Gasteiger partial charge < -0.3 is 4.74 Å². The zero-order chi connectivity index (χ0) is 9.97. The van der Waals surface area contributed by atoms with Crippen molar-refractivity contribution in [3.8, 4) is 0 Å². The van der Waals surface area contributed by atoms with E-state index in [-0.39, 0.29) is 0 Å². The molecule has 0 N–H and O–H groups in total. The van der Waals surface area contributed by atoms with E-state index >= 15 is 0 Å². The number of nitrogens with zero attached hydrogens (tertiary/aromatic N) is 1. The Morgan fingerprint density at radius 1 is 1.36 bits per heavy atom. The fraction of sp³-hybridized carbons (Fsp3) is 0.500. The highest BCUT2D eigenvalue weighted by Crippen LogP contribution is 2.21. The number of hydrogen-bond acceptors (Lipinski definition) is 2. The van der Waals surface area contributed by atoms with Crippen molar-refractivity contribution in [1.29, 1.82) is 0 Å². The zero-order valence-corrected chi connectivity index (χ0v) is 8.54. The van der Waals surface area contributed by atoms with E-state index < -0.39 is 0 Å². The second kappa shape index (κ2) is 4.11. The van der Waals surface area contributed by atoms with Gasteiger partial charge >= 0.3 is 0 Å². The highest BCUT2D eigenvalue weighted by molar-refractivity contribution is 5.34. The van der Waals surface area contributed by atoms with Gasteiger partial charge in [-0.3, -0.25) is 4.90 Å². The Morgan fingerprint density at radius 2 is 2.07 bits per heavy atom. The van der Waals surface area contributed by atoms with Crippen molar-refractivity contribution in [2.24, 2.45) is 0 Å². The molecule has 0 aliphatic carbocycles. The molecule has 1 saturated heterocycles. The SMILES string of the molecule is C=CC1=C(C=C)CN(CC2CO2)CC1.